The number of halogens is 3. The SMILES string of the molecule is NC1=C(c2cccc(C(F)(F)F)c2)C(=O)C(c2ccccc2)O1. The van der Waals surface area contributed by atoms with Gasteiger partial charge in [0.15, 0.2) is 12.0 Å². The first-order valence-corrected chi connectivity index (χ1v) is 6.81. The van der Waals surface area contributed by atoms with Gasteiger partial charge < -0.3 is 10.5 Å². The smallest absolute Gasteiger partial charge is 0.416 e. The summed E-state index contributed by atoms with van der Waals surface area (Å²) in [6.07, 6.45) is -5.42. The third-order valence-corrected chi connectivity index (χ3v) is 3.56. The molecule has 23 heavy (non-hydrogen) atoms. The number of nitrogens with two attached hydrogens (primary N) is 1. The van der Waals surface area contributed by atoms with E-state index < -0.39 is 23.6 Å². The molecule has 6 heteroatoms. The van der Waals surface area contributed by atoms with E-state index in [4.69, 9.17) is 10.5 Å². The van der Waals surface area contributed by atoms with Crippen LogP contribution in [0.15, 0.2) is 60.5 Å². The van der Waals surface area contributed by atoms with E-state index in [1.165, 1.54) is 12.1 Å². The number of carbonyl (C=O) groups is 1. The molecule has 0 spiro atoms. The molecule has 2 N–H and O–H groups in total. The van der Waals surface area contributed by atoms with E-state index in [0.717, 1.165) is 12.1 Å². The van der Waals surface area contributed by atoms with Gasteiger partial charge in [-0.2, -0.15) is 13.2 Å². The third-order valence-electron chi connectivity index (χ3n) is 3.56. The molecular formula is C17H12F3NO2. The highest BCUT2D eigenvalue weighted by atomic mass is 19.4. The second kappa shape index (κ2) is 5.46. The first-order chi connectivity index (χ1) is 10.9. The Balaban J connectivity index is 1.98. The van der Waals surface area contributed by atoms with E-state index in [-0.39, 0.29) is 17.0 Å². The average molecular weight is 319 g/mol. The zero-order valence-electron chi connectivity index (χ0n) is 11.8. The van der Waals surface area contributed by atoms with Gasteiger partial charge in [-0.15, -0.1) is 0 Å². The highest BCUT2D eigenvalue weighted by Gasteiger charge is 2.37. The van der Waals surface area contributed by atoms with Gasteiger partial charge in [0.1, 0.15) is 0 Å². The second-order valence-corrected chi connectivity index (χ2v) is 5.09. The van der Waals surface area contributed by atoms with Crippen LogP contribution in [0.4, 0.5) is 13.2 Å². The largest absolute Gasteiger partial charge is 0.462 e. The lowest BCUT2D eigenvalue weighted by Gasteiger charge is -2.10. The fraction of sp³-hybridized carbons (Fsp3) is 0.118. The normalized spacial score (nSPS) is 18.2. The lowest BCUT2D eigenvalue weighted by molar-refractivity contribution is -0.137. The highest BCUT2D eigenvalue weighted by molar-refractivity contribution is 6.25. The molecule has 0 saturated heterocycles. The number of benzene rings is 2. The Bertz CT molecular complexity index is 782. The topological polar surface area (TPSA) is 52.3 Å². The van der Waals surface area contributed by atoms with Crippen molar-refractivity contribution in [1.82, 2.24) is 0 Å². The molecule has 1 heterocycles. The molecule has 0 fully saturated rings. The van der Waals surface area contributed by atoms with Gasteiger partial charge in [-0.3, -0.25) is 4.79 Å². The quantitative estimate of drug-likeness (QED) is 0.919. The Morgan fingerprint density at radius 1 is 1.00 bits per heavy atom. The summed E-state index contributed by atoms with van der Waals surface area (Å²) in [4.78, 5) is 12.5. The third kappa shape index (κ3) is 2.79. The van der Waals surface area contributed by atoms with Crippen LogP contribution in [0.5, 0.6) is 0 Å². The molecule has 0 saturated carbocycles. The number of carbonyl (C=O) groups excluding carboxylic acids is 1. The molecule has 0 aliphatic carbocycles. The number of Topliss-reactive ketones (excluding diaryl/α,β-unsaturated/α-hetero) is 1. The van der Waals surface area contributed by atoms with Crippen LogP contribution in [0.25, 0.3) is 5.57 Å². The number of hydrogen-bond acceptors (Lipinski definition) is 3. The van der Waals surface area contributed by atoms with E-state index >= 15 is 0 Å². The first-order valence-electron chi connectivity index (χ1n) is 6.81. The van der Waals surface area contributed by atoms with Crippen LogP contribution in [0.1, 0.15) is 22.8 Å². The summed E-state index contributed by atoms with van der Waals surface area (Å²) >= 11 is 0. The molecule has 1 aliphatic rings. The lowest BCUT2D eigenvalue weighted by atomic mass is 9.96. The second-order valence-electron chi connectivity index (χ2n) is 5.09. The first kappa shape index (κ1) is 15.1. The summed E-state index contributed by atoms with van der Waals surface area (Å²) < 4.78 is 43.9. The Morgan fingerprint density at radius 2 is 1.70 bits per heavy atom. The van der Waals surface area contributed by atoms with Crippen molar-refractivity contribution in [2.24, 2.45) is 5.73 Å². The molecule has 1 unspecified atom stereocenters. The fourth-order valence-corrected chi connectivity index (χ4v) is 2.47. The van der Waals surface area contributed by atoms with Crippen LogP contribution >= 0.6 is 0 Å². The van der Waals surface area contributed by atoms with Gasteiger partial charge in [0.2, 0.25) is 5.78 Å². The zero-order valence-corrected chi connectivity index (χ0v) is 11.8. The van der Waals surface area contributed by atoms with Crippen molar-refractivity contribution in [3.63, 3.8) is 0 Å². The van der Waals surface area contributed by atoms with Crippen molar-refractivity contribution >= 4 is 11.4 Å². The van der Waals surface area contributed by atoms with Crippen molar-refractivity contribution < 1.29 is 22.7 Å². The molecule has 0 aromatic heterocycles. The monoisotopic (exact) mass is 319 g/mol. The standard InChI is InChI=1S/C17H12F3NO2/c18-17(19,20)12-8-4-7-11(9-12)13-14(22)15(23-16(13)21)10-5-2-1-3-6-10/h1-9,15H,21H2. The highest BCUT2D eigenvalue weighted by Crippen LogP contribution is 2.38. The minimum atomic E-state index is -4.49. The van der Waals surface area contributed by atoms with Crippen LogP contribution in [0.2, 0.25) is 0 Å². The minimum absolute atomic E-state index is 0.0232. The van der Waals surface area contributed by atoms with Crippen molar-refractivity contribution in [1.29, 1.82) is 0 Å². The van der Waals surface area contributed by atoms with Crippen molar-refractivity contribution in [3.05, 3.63) is 77.2 Å². The predicted molar refractivity (Wildman–Crippen MR) is 77.8 cm³/mol. The summed E-state index contributed by atoms with van der Waals surface area (Å²) in [5.74, 6) is -0.615. The Labute approximate surface area is 130 Å². The van der Waals surface area contributed by atoms with Crippen LogP contribution in [0, 0.1) is 0 Å². The lowest BCUT2D eigenvalue weighted by Crippen LogP contribution is -2.10. The van der Waals surface area contributed by atoms with Crippen molar-refractivity contribution in [2.45, 2.75) is 12.3 Å². The van der Waals surface area contributed by atoms with Crippen LogP contribution in [-0.2, 0) is 15.7 Å². The van der Waals surface area contributed by atoms with E-state index in [2.05, 4.69) is 0 Å². The summed E-state index contributed by atoms with van der Waals surface area (Å²) in [5, 5.41) is 0. The number of alkyl halides is 3. The Kier molecular flexibility index (Phi) is 3.60. The summed E-state index contributed by atoms with van der Waals surface area (Å²) in [6.45, 7) is 0. The molecule has 1 aliphatic heterocycles. The Morgan fingerprint density at radius 3 is 2.35 bits per heavy atom. The minimum Gasteiger partial charge on any atom is -0.462 e. The maximum absolute atomic E-state index is 12.8. The van der Waals surface area contributed by atoms with Gasteiger partial charge in [0.05, 0.1) is 11.1 Å². The molecule has 118 valence electrons. The summed E-state index contributed by atoms with van der Waals surface area (Å²) in [7, 11) is 0. The van der Waals surface area contributed by atoms with E-state index in [1.807, 2.05) is 0 Å². The van der Waals surface area contributed by atoms with Gasteiger partial charge in [-0.1, -0.05) is 42.5 Å². The van der Waals surface area contributed by atoms with Gasteiger partial charge in [-0.25, -0.2) is 0 Å². The fourth-order valence-electron chi connectivity index (χ4n) is 2.47. The van der Waals surface area contributed by atoms with E-state index in [1.54, 1.807) is 30.3 Å². The molecule has 2 aromatic carbocycles. The maximum atomic E-state index is 12.8. The molecule has 0 bridgehead atoms. The zero-order chi connectivity index (χ0) is 16.6. The molecule has 2 aromatic rings. The summed E-state index contributed by atoms with van der Waals surface area (Å²) in [5.41, 5.74) is 5.58. The molecule has 0 amide bonds. The maximum Gasteiger partial charge on any atom is 0.416 e. The van der Waals surface area contributed by atoms with E-state index in [0.29, 0.717) is 5.56 Å². The molecule has 3 nitrogen and oxygen atoms in total. The van der Waals surface area contributed by atoms with Gasteiger partial charge >= 0.3 is 6.18 Å². The average Bonchev–Trinajstić information content (AvgIpc) is 2.82. The molecular weight excluding hydrogens is 307 g/mol. The molecule has 1 atom stereocenters. The summed E-state index contributed by atoms with van der Waals surface area (Å²) in [6, 6.07) is 13.2. The van der Waals surface area contributed by atoms with Crippen molar-refractivity contribution in [2.75, 3.05) is 0 Å². The Hall–Kier alpha value is -2.76. The number of ether oxygens (including phenoxy) is 1. The van der Waals surface area contributed by atoms with Gasteiger partial charge in [0, 0.05) is 5.56 Å². The predicted octanol–water partition coefficient (Wildman–Crippen LogP) is 3.67. The van der Waals surface area contributed by atoms with Crippen LogP contribution < -0.4 is 5.73 Å². The number of hydrogen-bond donors (Lipinski definition) is 1. The van der Waals surface area contributed by atoms with Crippen molar-refractivity contribution in [3.8, 4) is 0 Å². The van der Waals surface area contributed by atoms with Crippen LogP contribution in [0.3, 0.4) is 0 Å². The van der Waals surface area contributed by atoms with Gasteiger partial charge in [0.25, 0.3) is 0 Å². The number of ketones is 1. The van der Waals surface area contributed by atoms with Gasteiger partial charge in [-0.05, 0) is 17.7 Å². The number of rotatable bonds is 2. The van der Waals surface area contributed by atoms with E-state index in [9.17, 15) is 18.0 Å². The van der Waals surface area contributed by atoms with Crippen LogP contribution in [-0.4, -0.2) is 5.78 Å². The molecule has 3 rings (SSSR count). The molecule has 0 radical (unpaired) electrons.